The van der Waals surface area contributed by atoms with Gasteiger partial charge in [-0.3, -0.25) is 9.36 Å². The summed E-state index contributed by atoms with van der Waals surface area (Å²) in [6.45, 7) is 2.00. The van der Waals surface area contributed by atoms with Crippen molar-refractivity contribution in [2.45, 2.75) is 12.1 Å². The lowest BCUT2D eigenvalue weighted by atomic mass is 10.1. The van der Waals surface area contributed by atoms with Crippen molar-refractivity contribution in [1.82, 2.24) is 14.8 Å². The van der Waals surface area contributed by atoms with Crippen LogP contribution >= 0.6 is 27.7 Å². The van der Waals surface area contributed by atoms with E-state index >= 15 is 0 Å². The zero-order valence-electron chi connectivity index (χ0n) is 18.2. The summed E-state index contributed by atoms with van der Waals surface area (Å²) in [5, 5.41) is 11.6. The molecule has 0 aliphatic rings. The number of aryl methyl sites for hydroxylation is 1. The Balaban J connectivity index is 1.61. The van der Waals surface area contributed by atoms with E-state index in [2.05, 4.69) is 31.4 Å². The predicted molar refractivity (Wildman–Crippen MR) is 131 cm³/mol. The molecule has 0 saturated carbocycles. The SMILES string of the molecule is COc1ccc(-n2c(SCC(=O)Nc3c(F)cc(F)cc3Br)nnc2-c2ccc(C)cc2)cc1. The van der Waals surface area contributed by atoms with Crippen LogP contribution < -0.4 is 10.1 Å². The fourth-order valence-corrected chi connectivity index (χ4v) is 4.44. The molecule has 1 amide bonds. The second-order valence-electron chi connectivity index (χ2n) is 7.29. The van der Waals surface area contributed by atoms with E-state index in [-0.39, 0.29) is 15.9 Å². The summed E-state index contributed by atoms with van der Waals surface area (Å²) in [6, 6.07) is 17.1. The lowest BCUT2D eigenvalue weighted by Crippen LogP contribution is -2.16. The number of hydrogen-bond donors (Lipinski definition) is 1. The van der Waals surface area contributed by atoms with Gasteiger partial charge in [-0.1, -0.05) is 41.6 Å². The van der Waals surface area contributed by atoms with E-state index in [0.717, 1.165) is 34.6 Å². The number of anilines is 1. The Hall–Kier alpha value is -3.24. The predicted octanol–water partition coefficient (Wildman–Crippen LogP) is 6.02. The highest BCUT2D eigenvalue weighted by Gasteiger charge is 2.19. The van der Waals surface area contributed by atoms with Gasteiger partial charge in [-0.2, -0.15) is 0 Å². The Morgan fingerprint density at radius 2 is 1.79 bits per heavy atom. The normalized spacial score (nSPS) is 10.9. The van der Waals surface area contributed by atoms with E-state index in [1.54, 1.807) is 7.11 Å². The molecule has 0 fully saturated rings. The van der Waals surface area contributed by atoms with E-state index in [1.165, 1.54) is 0 Å². The van der Waals surface area contributed by atoms with Crippen LogP contribution in [0.15, 0.2) is 70.3 Å². The first kappa shape index (κ1) is 23.9. The van der Waals surface area contributed by atoms with Crippen LogP contribution in [-0.2, 0) is 4.79 Å². The first-order valence-corrected chi connectivity index (χ1v) is 11.9. The maximum absolute atomic E-state index is 14.1. The van der Waals surface area contributed by atoms with E-state index in [1.807, 2.05) is 60.0 Å². The van der Waals surface area contributed by atoms with Gasteiger partial charge in [0.25, 0.3) is 0 Å². The van der Waals surface area contributed by atoms with Gasteiger partial charge in [0, 0.05) is 21.8 Å². The molecular formula is C24H19BrF2N4O2S. The fraction of sp³-hybridized carbons (Fsp3) is 0.125. The molecule has 1 N–H and O–H groups in total. The molecule has 4 rings (SSSR count). The number of aromatic nitrogens is 3. The molecule has 3 aromatic carbocycles. The number of halogens is 3. The first-order chi connectivity index (χ1) is 16.4. The van der Waals surface area contributed by atoms with Crippen LogP contribution in [0.2, 0.25) is 0 Å². The lowest BCUT2D eigenvalue weighted by molar-refractivity contribution is -0.113. The Labute approximate surface area is 207 Å². The molecule has 0 unspecified atom stereocenters. The van der Waals surface area contributed by atoms with Gasteiger partial charge in [0.05, 0.1) is 18.6 Å². The van der Waals surface area contributed by atoms with E-state index in [4.69, 9.17) is 4.74 Å². The molecule has 1 heterocycles. The second-order valence-corrected chi connectivity index (χ2v) is 9.08. The van der Waals surface area contributed by atoms with Crippen molar-refractivity contribution in [3.63, 3.8) is 0 Å². The van der Waals surface area contributed by atoms with Crippen molar-refractivity contribution in [3.05, 3.63) is 82.3 Å². The van der Waals surface area contributed by atoms with Crippen LogP contribution in [0, 0.1) is 18.6 Å². The molecule has 0 radical (unpaired) electrons. The van der Waals surface area contributed by atoms with E-state index in [0.29, 0.717) is 22.8 Å². The van der Waals surface area contributed by atoms with Gasteiger partial charge in [-0.15, -0.1) is 10.2 Å². The largest absolute Gasteiger partial charge is 0.497 e. The summed E-state index contributed by atoms with van der Waals surface area (Å²) in [5.41, 5.74) is 2.65. The maximum atomic E-state index is 14.1. The minimum atomic E-state index is -0.867. The molecule has 10 heteroatoms. The highest BCUT2D eigenvalue weighted by Crippen LogP contribution is 2.30. The molecular weight excluding hydrogens is 526 g/mol. The second kappa shape index (κ2) is 10.4. The van der Waals surface area contributed by atoms with Crippen molar-refractivity contribution in [2.24, 2.45) is 0 Å². The molecule has 0 bridgehead atoms. The van der Waals surface area contributed by atoms with Crippen molar-refractivity contribution in [2.75, 3.05) is 18.2 Å². The Kier molecular flexibility index (Phi) is 7.28. The standard InChI is InChI=1S/C24H19BrF2N4O2S/c1-14-3-5-15(6-4-14)23-29-30-24(31(23)17-7-9-18(33-2)10-8-17)34-13-21(32)28-22-19(25)11-16(26)12-20(22)27/h3-12H,13H2,1-2H3,(H,28,32). The average molecular weight is 545 g/mol. The van der Waals surface area contributed by atoms with Gasteiger partial charge in [-0.25, -0.2) is 8.78 Å². The maximum Gasteiger partial charge on any atom is 0.234 e. The summed E-state index contributed by atoms with van der Waals surface area (Å²) in [6.07, 6.45) is 0. The number of hydrogen-bond acceptors (Lipinski definition) is 5. The quantitative estimate of drug-likeness (QED) is 0.288. The number of ether oxygens (including phenoxy) is 1. The number of nitrogens with one attached hydrogen (secondary N) is 1. The average Bonchev–Trinajstić information content (AvgIpc) is 3.24. The summed E-state index contributed by atoms with van der Waals surface area (Å²) in [4.78, 5) is 12.5. The first-order valence-electron chi connectivity index (χ1n) is 10.1. The smallest absolute Gasteiger partial charge is 0.234 e. The van der Waals surface area contributed by atoms with Crippen LogP contribution in [0.1, 0.15) is 5.56 Å². The highest BCUT2D eigenvalue weighted by atomic mass is 79.9. The number of amides is 1. The fourth-order valence-electron chi connectivity index (χ4n) is 3.18. The molecule has 0 aliphatic heterocycles. The Bertz CT molecular complexity index is 1310. The topological polar surface area (TPSA) is 69.0 Å². The number of benzene rings is 3. The Morgan fingerprint density at radius 3 is 2.44 bits per heavy atom. The minimum absolute atomic E-state index is 0.0640. The molecule has 174 valence electrons. The van der Waals surface area contributed by atoms with Gasteiger partial charge in [-0.05, 0) is 53.2 Å². The van der Waals surface area contributed by atoms with Crippen LogP contribution in [0.5, 0.6) is 5.75 Å². The zero-order chi connectivity index (χ0) is 24.2. The molecule has 0 aliphatic carbocycles. The zero-order valence-corrected chi connectivity index (χ0v) is 20.6. The van der Waals surface area contributed by atoms with Crippen molar-refractivity contribution in [3.8, 4) is 22.8 Å². The van der Waals surface area contributed by atoms with Crippen molar-refractivity contribution < 1.29 is 18.3 Å². The van der Waals surface area contributed by atoms with Crippen LogP contribution in [0.4, 0.5) is 14.5 Å². The van der Waals surface area contributed by atoms with Crippen LogP contribution in [0.25, 0.3) is 17.1 Å². The summed E-state index contributed by atoms with van der Waals surface area (Å²) < 4.78 is 34.6. The molecule has 0 saturated heterocycles. The van der Waals surface area contributed by atoms with Crippen molar-refractivity contribution in [1.29, 1.82) is 0 Å². The molecule has 4 aromatic rings. The summed E-state index contributed by atoms with van der Waals surface area (Å²) in [7, 11) is 1.59. The van der Waals surface area contributed by atoms with Gasteiger partial charge >= 0.3 is 0 Å². The highest BCUT2D eigenvalue weighted by molar-refractivity contribution is 9.10. The van der Waals surface area contributed by atoms with Gasteiger partial charge in [0.1, 0.15) is 11.6 Å². The van der Waals surface area contributed by atoms with E-state index < -0.39 is 17.5 Å². The number of methoxy groups -OCH3 is 1. The number of nitrogens with zero attached hydrogens (tertiary/aromatic N) is 3. The van der Waals surface area contributed by atoms with Gasteiger partial charge in [0.2, 0.25) is 5.91 Å². The molecule has 6 nitrogen and oxygen atoms in total. The third kappa shape index (κ3) is 5.28. The Morgan fingerprint density at radius 1 is 1.09 bits per heavy atom. The monoisotopic (exact) mass is 544 g/mol. The summed E-state index contributed by atoms with van der Waals surface area (Å²) in [5.74, 6) is -0.834. The molecule has 0 atom stereocenters. The van der Waals surface area contributed by atoms with Crippen LogP contribution in [-0.4, -0.2) is 33.5 Å². The van der Waals surface area contributed by atoms with E-state index in [9.17, 15) is 13.6 Å². The lowest BCUT2D eigenvalue weighted by Gasteiger charge is -2.12. The summed E-state index contributed by atoms with van der Waals surface area (Å²) >= 11 is 4.22. The number of carbonyl (C=O) groups excluding carboxylic acids is 1. The third-order valence-electron chi connectivity index (χ3n) is 4.88. The molecule has 0 spiro atoms. The van der Waals surface area contributed by atoms with Gasteiger partial charge < -0.3 is 10.1 Å². The molecule has 1 aromatic heterocycles. The minimum Gasteiger partial charge on any atom is -0.497 e. The van der Waals surface area contributed by atoms with Crippen molar-refractivity contribution >= 4 is 39.3 Å². The third-order valence-corrected chi connectivity index (χ3v) is 6.43. The molecule has 34 heavy (non-hydrogen) atoms. The number of rotatable bonds is 7. The van der Waals surface area contributed by atoms with Gasteiger partial charge in [0.15, 0.2) is 16.8 Å². The van der Waals surface area contributed by atoms with Crippen LogP contribution in [0.3, 0.4) is 0 Å². The number of carbonyl (C=O) groups is 1. The number of thioether (sulfide) groups is 1.